The van der Waals surface area contributed by atoms with E-state index >= 15 is 0 Å². The predicted octanol–water partition coefficient (Wildman–Crippen LogP) is 1.39. The molecule has 1 unspecified atom stereocenters. The smallest absolute Gasteiger partial charge is 0.199 e. The summed E-state index contributed by atoms with van der Waals surface area (Å²) in [7, 11) is 1.59. The van der Waals surface area contributed by atoms with Gasteiger partial charge in [-0.25, -0.2) is 0 Å². The van der Waals surface area contributed by atoms with Crippen molar-refractivity contribution in [1.82, 2.24) is 0 Å². The van der Waals surface area contributed by atoms with E-state index in [1.165, 1.54) is 6.20 Å². The van der Waals surface area contributed by atoms with Crippen LogP contribution in [0.2, 0.25) is 0 Å². The first kappa shape index (κ1) is 10.8. The van der Waals surface area contributed by atoms with E-state index < -0.39 is 0 Å². The number of aromatic nitrogens is 1. The molecule has 0 radical (unpaired) electrons. The fourth-order valence-electron chi connectivity index (χ4n) is 1.10. The van der Waals surface area contributed by atoms with E-state index in [9.17, 15) is 5.21 Å². The molecule has 0 aromatic carbocycles. The Morgan fingerprint density at radius 2 is 2.29 bits per heavy atom. The van der Waals surface area contributed by atoms with Crippen molar-refractivity contribution < 1.29 is 14.2 Å². The highest BCUT2D eigenvalue weighted by atomic mass is 16.7. The zero-order chi connectivity index (χ0) is 10.6. The summed E-state index contributed by atoms with van der Waals surface area (Å²) in [5.41, 5.74) is 0.605. The zero-order valence-corrected chi connectivity index (χ0v) is 8.69. The van der Waals surface area contributed by atoms with E-state index in [4.69, 9.17) is 9.47 Å². The average Bonchev–Trinajstić information content (AvgIpc) is 2.19. The van der Waals surface area contributed by atoms with Gasteiger partial charge in [0.25, 0.3) is 0 Å². The molecule has 1 aromatic rings. The summed E-state index contributed by atoms with van der Waals surface area (Å²) in [6.45, 7) is 3.70. The van der Waals surface area contributed by atoms with Gasteiger partial charge in [0, 0.05) is 32.6 Å². The lowest BCUT2D eigenvalue weighted by molar-refractivity contribution is -0.612. The first-order valence-electron chi connectivity index (χ1n) is 4.56. The van der Waals surface area contributed by atoms with Crippen LogP contribution in [0.4, 0.5) is 0 Å². The second-order valence-corrected chi connectivity index (χ2v) is 3.02. The fraction of sp³-hybridized carbons (Fsp3) is 0.500. The number of hydrogen-bond donors (Lipinski definition) is 0. The van der Waals surface area contributed by atoms with E-state index in [2.05, 4.69) is 0 Å². The SMILES string of the molecule is CCC(OC)Oc1cc[n+]([O-])c(C)c1. The molecule has 0 amide bonds. The molecule has 78 valence electrons. The summed E-state index contributed by atoms with van der Waals surface area (Å²) < 4.78 is 11.3. The highest BCUT2D eigenvalue weighted by Gasteiger charge is 2.08. The number of hydrogen-bond acceptors (Lipinski definition) is 3. The summed E-state index contributed by atoms with van der Waals surface area (Å²) in [5, 5.41) is 11.0. The Hall–Kier alpha value is -1.29. The van der Waals surface area contributed by atoms with Crippen molar-refractivity contribution in [2.75, 3.05) is 7.11 Å². The molecular weight excluding hydrogens is 182 g/mol. The largest absolute Gasteiger partial charge is 0.619 e. The predicted molar refractivity (Wildman–Crippen MR) is 51.9 cm³/mol. The second kappa shape index (κ2) is 4.81. The molecule has 0 aliphatic heterocycles. The standard InChI is InChI=1S/C10H15NO3/c1-4-10(13-3)14-9-5-6-11(12)8(2)7-9/h5-7,10H,4H2,1-3H3. The lowest BCUT2D eigenvalue weighted by atomic mass is 10.3. The van der Waals surface area contributed by atoms with Gasteiger partial charge in [-0.3, -0.25) is 0 Å². The maximum atomic E-state index is 11.0. The Balaban J connectivity index is 2.72. The highest BCUT2D eigenvalue weighted by molar-refractivity contribution is 5.19. The first-order valence-corrected chi connectivity index (χ1v) is 4.56. The first-order chi connectivity index (χ1) is 6.67. The van der Waals surface area contributed by atoms with Crippen LogP contribution in [0.1, 0.15) is 19.0 Å². The van der Waals surface area contributed by atoms with Crippen LogP contribution in [-0.2, 0) is 4.74 Å². The van der Waals surface area contributed by atoms with Gasteiger partial charge in [-0.15, -0.1) is 0 Å². The Morgan fingerprint density at radius 1 is 1.57 bits per heavy atom. The van der Waals surface area contributed by atoms with Gasteiger partial charge < -0.3 is 14.7 Å². The van der Waals surface area contributed by atoms with Gasteiger partial charge >= 0.3 is 0 Å². The fourth-order valence-corrected chi connectivity index (χ4v) is 1.10. The number of rotatable bonds is 4. The second-order valence-electron chi connectivity index (χ2n) is 3.02. The molecule has 1 aromatic heterocycles. The van der Waals surface area contributed by atoms with E-state index in [0.29, 0.717) is 11.4 Å². The van der Waals surface area contributed by atoms with Gasteiger partial charge in [0.2, 0.25) is 0 Å². The highest BCUT2D eigenvalue weighted by Crippen LogP contribution is 2.12. The minimum absolute atomic E-state index is 0.253. The summed E-state index contributed by atoms with van der Waals surface area (Å²) in [6.07, 6.45) is 1.94. The molecule has 0 N–H and O–H groups in total. The number of ether oxygens (including phenoxy) is 2. The topological polar surface area (TPSA) is 45.4 Å². The summed E-state index contributed by atoms with van der Waals surface area (Å²) in [4.78, 5) is 0. The van der Waals surface area contributed by atoms with Crippen molar-refractivity contribution in [2.24, 2.45) is 0 Å². The third kappa shape index (κ3) is 2.60. The number of pyridine rings is 1. The Bertz CT molecular complexity index is 297. The number of nitrogens with zero attached hydrogens (tertiary/aromatic N) is 1. The summed E-state index contributed by atoms with van der Waals surface area (Å²) in [6, 6.07) is 3.32. The lowest BCUT2D eigenvalue weighted by Gasteiger charge is -2.15. The summed E-state index contributed by atoms with van der Waals surface area (Å²) in [5.74, 6) is 0.656. The Morgan fingerprint density at radius 3 is 2.79 bits per heavy atom. The Kier molecular flexibility index (Phi) is 3.71. The van der Waals surface area contributed by atoms with Crippen LogP contribution >= 0.6 is 0 Å². The van der Waals surface area contributed by atoms with Gasteiger partial charge in [0.05, 0.1) is 0 Å². The van der Waals surface area contributed by atoms with Gasteiger partial charge in [-0.05, 0) is 0 Å². The van der Waals surface area contributed by atoms with Crippen LogP contribution in [0, 0.1) is 12.1 Å². The average molecular weight is 197 g/mol. The molecule has 0 spiro atoms. The van der Waals surface area contributed by atoms with E-state index in [1.54, 1.807) is 26.2 Å². The monoisotopic (exact) mass is 197 g/mol. The molecule has 1 atom stereocenters. The molecule has 4 nitrogen and oxygen atoms in total. The number of methoxy groups -OCH3 is 1. The zero-order valence-electron chi connectivity index (χ0n) is 8.69. The molecule has 0 fully saturated rings. The molecule has 1 rings (SSSR count). The van der Waals surface area contributed by atoms with E-state index in [-0.39, 0.29) is 6.29 Å². The van der Waals surface area contributed by atoms with Gasteiger partial charge in [0.1, 0.15) is 5.75 Å². The molecule has 4 heteroatoms. The molecular formula is C10H15NO3. The maximum absolute atomic E-state index is 11.0. The van der Waals surface area contributed by atoms with Crippen LogP contribution in [0.3, 0.4) is 0 Å². The third-order valence-corrected chi connectivity index (χ3v) is 1.94. The minimum atomic E-state index is -0.253. The van der Waals surface area contributed by atoms with Crippen LogP contribution in [-0.4, -0.2) is 13.4 Å². The van der Waals surface area contributed by atoms with Crippen molar-refractivity contribution in [1.29, 1.82) is 0 Å². The molecule has 14 heavy (non-hydrogen) atoms. The molecule has 0 aliphatic carbocycles. The van der Waals surface area contributed by atoms with Crippen molar-refractivity contribution in [3.05, 3.63) is 29.2 Å². The quantitative estimate of drug-likeness (QED) is 0.416. The van der Waals surface area contributed by atoms with Crippen molar-refractivity contribution >= 4 is 0 Å². The van der Waals surface area contributed by atoms with Gasteiger partial charge in [-0.2, -0.15) is 4.73 Å². The van der Waals surface area contributed by atoms with Crippen molar-refractivity contribution in [3.8, 4) is 5.75 Å². The molecule has 0 bridgehead atoms. The normalized spacial score (nSPS) is 12.5. The lowest BCUT2D eigenvalue weighted by Crippen LogP contribution is -2.29. The van der Waals surface area contributed by atoms with Gasteiger partial charge in [-0.1, -0.05) is 6.92 Å². The van der Waals surface area contributed by atoms with Crippen molar-refractivity contribution in [2.45, 2.75) is 26.6 Å². The van der Waals surface area contributed by atoms with Gasteiger partial charge in [0.15, 0.2) is 18.2 Å². The molecule has 0 saturated heterocycles. The van der Waals surface area contributed by atoms with Crippen LogP contribution in [0.15, 0.2) is 18.3 Å². The minimum Gasteiger partial charge on any atom is -0.619 e. The number of aryl methyl sites for hydroxylation is 1. The van der Waals surface area contributed by atoms with E-state index in [1.807, 2.05) is 6.92 Å². The van der Waals surface area contributed by atoms with Crippen LogP contribution in [0.25, 0.3) is 0 Å². The van der Waals surface area contributed by atoms with Crippen LogP contribution < -0.4 is 9.47 Å². The molecule has 0 saturated carbocycles. The Labute approximate surface area is 83.7 Å². The molecule has 1 heterocycles. The van der Waals surface area contributed by atoms with E-state index in [0.717, 1.165) is 11.2 Å². The van der Waals surface area contributed by atoms with Crippen LogP contribution in [0.5, 0.6) is 5.75 Å². The summed E-state index contributed by atoms with van der Waals surface area (Å²) >= 11 is 0. The molecule has 0 aliphatic rings. The maximum Gasteiger partial charge on any atom is 0.199 e. The third-order valence-electron chi connectivity index (χ3n) is 1.94. The van der Waals surface area contributed by atoms with Crippen molar-refractivity contribution in [3.63, 3.8) is 0 Å².